The van der Waals surface area contributed by atoms with Crippen LogP contribution in [-0.4, -0.2) is 35.3 Å². The van der Waals surface area contributed by atoms with Crippen molar-refractivity contribution in [3.63, 3.8) is 0 Å². The van der Waals surface area contributed by atoms with Crippen LogP contribution < -0.4 is 4.74 Å². The molecule has 0 radical (unpaired) electrons. The lowest BCUT2D eigenvalue weighted by atomic mass is 10.2. The van der Waals surface area contributed by atoms with Gasteiger partial charge in [-0.05, 0) is 44.7 Å². The van der Waals surface area contributed by atoms with E-state index in [1.165, 1.54) is 0 Å². The van der Waals surface area contributed by atoms with Crippen molar-refractivity contribution in [2.45, 2.75) is 19.9 Å². The van der Waals surface area contributed by atoms with E-state index >= 15 is 0 Å². The molecule has 3 aromatic rings. The Hall–Kier alpha value is -2.66. The molecule has 25 heavy (non-hydrogen) atoms. The summed E-state index contributed by atoms with van der Waals surface area (Å²) < 4.78 is 11.7. The number of likely N-dealkylation sites (N-methyl/N-ethyl adjacent to an activating group) is 1. The van der Waals surface area contributed by atoms with E-state index in [2.05, 4.69) is 22.0 Å². The van der Waals surface area contributed by atoms with Crippen molar-refractivity contribution in [1.29, 1.82) is 0 Å². The molecular formula is C20H23N3O2. The summed E-state index contributed by atoms with van der Waals surface area (Å²) in [6.45, 7) is 5.46. The quantitative estimate of drug-likeness (QED) is 0.649. The van der Waals surface area contributed by atoms with E-state index in [-0.39, 0.29) is 6.04 Å². The Kier molecular flexibility index (Phi) is 5.46. The van der Waals surface area contributed by atoms with Crippen LogP contribution in [0.5, 0.6) is 5.75 Å². The normalized spacial score (nSPS) is 12.3. The molecule has 130 valence electrons. The van der Waals surface area contributed by atoms with Crippen molar-refractivity contribution >= 4 is 0 Å². The standard InChI is InChI=1S/C20H23N3O2/c1-15-9-7-8-12-18(15)24-14-13-23(3)16(2)19-21-22-20(25-19)17-10-5-4-6-11-17/h4-12,16H,13-14H2,1-3H3. The minimum atomic E-state index is 0.0189. The highest BCUT2D eigenvalue weighted by atomic mass is 16.5. The first-order valence-electron chi connectivity index (χ1n) is 8.42. The van der Waals surface area contributed by atoms with Gasteiger partial charge in [-0.3, -0.25) is 4.90 Å². The van der Waals surface area contributed by atoms with Gasteiger partial charge < -0.3 is 9.15 Å². The van der Waals surface area contributed by atoms with Crippen molar-refractivity contribution in [2.24, 2.45) is 0 Å². The highest BCUT2D eigenvalue weighted by Gasteiger charge is 2.19. The lowest BCUT2D eigenvalue weighted by Crippen LogP contribution is -2.27. The Balaban J connectivity index is 1.56. The van der Waals surface area contributed by atoms with Gasteiger partial charge in [0.2, 0.25) is 11.8 Å². The molecule has 0 aliphatic heterocycles. The number of para-hydroxylation sites is 1. The van der Waals surface area contributed by atoms with Crippen LogP contribution >= 0.6 is 0 Å². The fraction of sp³-hybridized carbons (Fsp3) is 0.300. The minimum Gasteiger partial charge on any atom is -0.492 e. The van der Waals surface area contributed by atoms with E-state index in [1.54, 1.807) is 0 Å². The van der Waals surface area contributed by atoms with Gasteiger partial charge in [0.15, 0.2) is 0 Å². The van der Waals surface area contributed by atoms with Crippen LogP contribution in [0.1, 0.15) is 24.4 Å². The van der Waals surface area contributed by atoms with Gasteiger partial charge in [0.1, 0.15) is 12.4 Å². The van der Waals surface area contributed by atoms with E-state index in [1.807, 2.05) is 68.6 Å². The molecule has 1 aromatic heterocycles. The van der Waals surface area contributed by atoms with Gasteiger partial charge in [-0.15, -0.1) is 10.2 Å². The van der Waals surface area contributed by atoms with Crippen molar-refractivity contribution in [2.75, 3.05) is 20.2 Å². The largest absolute Gasteiger partial charge is 0.492 e. The molecule has 5 heteroatoms. The fourth-order valence-corrected chi connectivity index (χ4v) is 2.50. The van der Waals surface area contributed by atoms with Crippen molar-refractivity contribution in [3.8, 4) is 17.2 Å². The van der Waals surface area contributed by atoms with Crippen LogP contribution in [0, 0.1) is 6.92 Å². The first-order chi connectivity index (χ1) is 12.1. The van der Waals surface area contributed by atoms with E-state index in [0.717, 1.165) is 23.4 Å². The molecular weight excluding hydrogens is 314 g/mol. The molecule has 0 spiro atoms. The number of ether oxygens (including phenoxy) is 1. The molecule has 1 unspecified atom stereocenters. The third kappa shape index (κ3) is 4.25. The SMILES string of the molecule is Cc1ccccc1OCCN(C)C(C)c1nnc(-c2ccccc2)o1. The maximum Gasteiger partial charge on any atom is 0.247 e. The predicted octanol–water partition coefficient (Wildman–Crippen LogP) is 4.12. The summed E-state index contributed by atoms with van der Waals surface area (Å²) >= 11 is 0. The second-order valence-electron chi connectivity index (χ2n) is 6.08. The summed E-state index contributed by atoms with van der Waals surface area (Å²) in [7, 11) is 2.03. The molecule has 0 saturated heterocycles. The van der Waals surface area contributed by atoms with Crippen LogP contribution in [0.25, 0.3) is 11.5 Å². The lowest BCUT2D eigenvalue weighted by molar-refractivity contribution is 0.181. The lowest BCUT2D eigenvalue weighted by Gasteiger charge is -2.21. The average molecular weight is 337 g/mol. The smallest absolute Gasteiger partial charge is 0.247 e. The Morgan fingerprint density at radius 2 is 1.76 bits per heavy atom. The molecule has 0 bridgehead atoms. The predicted molar refractivity (Wildman–Crippen MR) is 97.5 cm³/mol. The monoisotopic (exact) mass is 337 g/mol. The van der Waals surface area contributed by atoms with Crippen LogP contribution in [-0.2, 0) is 0 Å². The van der Waals surface area contributed by atoms with Crippen molar-refractivity contribution in [1.82, 2.24) is 15.1 Å². The zero-order valence-corrected chi connectivity index (χ0v) is 14.8. The van der Waals surface area contributed by atoms with Gasteiger partial charge in [-0.2, -0.15) is 0 Å². The first-order valence-corrected chi connectivity index (χ1v) is 8.42. The Labute approximate surface area is 148 Å². The Morgan fingerprint density at radius 1 is 1.04 bits per heavy atom. The van der Waals surface area contributed by atoms with E-state index in [9.17, 15) is 0 Å². The van der Waals surface area contributed by atoms with E-state index < -0.39 is 0 Å². The molecule has 0 aliphatic carbocycles. The highest BCUT2D eigenvalue weighted by molar-refractivity contribution is 5.51. The van der Waals surface area contributed by atoms with Crippen molar-refractivity contribution in [3.05, 3.63) is 66.1 Å². The highest BCUT2D eigenvalue weighted by Crippen LogP contribution is 2.23. The van der Waals surface area contributed by atoms with Crippen molar-refractivity contribution < 1.29 is 9.15 Å². The van der Waals surface area contributed by atoms with Gasteiger partial charge in [0.05, 0.1) is 6.04 Å². The second-order valence-corrected chi connectivity index (χ2v) is 6.08. The molecule has 0 aliphatic rings. The first kappa shape index (κ1) is 17.2. The fourth-order valence-electron chi connectivity index (χ4n) is 2.50. The summed E-state index contributed by atoms with van der Waals surface area (Å²) in [5, 5.41) is 8.35. The van der Waals surface area contributed by atoms with Crippen LogP contribution in [0.2, 0.25) is 0 Å². The third-order valence-electron chi connectivity index (χ3n) is 4.28. The Morgan fingerprint density at radius 3 is 2.52 bits per heavy atom. The van der Waals surface area contributed by atoms with Gasteiger partial charge in [-0.1, -0.05) is 36.4 Å². The van der Waals surface area contributed by atoms with Gasteiger partial charge >= 0.3 is 0 Å². The Bertz CT molecular complexity index is 801. The number of rotatable bonds is 7. The summed E-state index contributed by atoms with van der Waals surface area (Å²) in [5.41, 5.74) is 2.07. The number of hydrogen-bond donors (Lipinski definition) is 0. The molecule has 5 nitrogen and oxygen atoms in total. The van der Waals surface area contributed by atoms with E-state index in [4.69, 9.17) is 9.15 Å². The van der Waals surface area contributed by atoms with Crippen LogP contribution in [0.4, 0.5) is 0 Å². The molecule has 1 atom stereocenters. The summed E-state index contributed by atoms with van der Waals surface area (Å²) in [6.07, 6.45) is 0. The number of hydrogen-bond acceptors (Lipinski definition) is 5. The maximum atomic E-state index is 5.86. The summed E-state index contributed by atoms with van der Waals surface area (Å²) in [5.74, 6) is 2.08. The number of nitrogens with zero attached hydrogens (tertiary/aromatic N) is 3. The summed E-state index contributed by atoms with van der Waals surface area (Å²) in [4.78, 5) is 2.14. The number of aromatic nitrogens is 2. The topological polar surface area (TPSA) is 51.4 Å². The second kappa shape index (κ2) is 7.94. The van der Waals surface area contributed by atoms with Gasteiger partial charge in [0.25, 0.3) is 0 Å². The zero-order valence-electron chi connectivity index (χ0n) is 14.8. The molecule has 0 fully saturated rings. The molecule has 2 aromatic carbocycles. The molecule has 0 amide bonds. The summed E-state index contributed by atoms with van der Waals surface area (Å²) in [6, 6.07) is 17.8. The molecule has 0 N–H and O–H groups in total. The molecule has 3 rings (SSSR count). The number of aryl methyl sites for hydroxylation is 1. The molecule has 1 heterocycles. The van der Waals surface area contributed by atoms with Gasteiger partial charge in [0, 0.05) is 12.1 Å². The van der Waals surface area contributed by atoms with Crippen LogP contribution in [0.15, 0.2) is 59.0 Å². The third-order valence-corrected chi connectivity index (χ3v) is 4.28. The average Bonchev–Trinajstić information content (AvgIpc) is 3.13. The van der Waals surface area contributed by atoms with Crippen LogP contribution in [0.3, 0.4) is 0 Å². The van der Waals surface area contributed by atoms with E-state index in [0.29, 0.717) is 18.4 Å². The minimum absolute atomic E-state index is 0.0189. The number of benzene rings is 2. The molecule has 0 saturated carbocycles. The van der Waals surface area contributed by atoms with Gasteiger partial charge in [-0.25, -0.2) is 0 Å². The maximum absolute atomic E-state index is 5.86. The zero-order chi connectivity index (χ0) is 17.6.